The van der Waals surface area contributed by atoms with Crippen molar-refractivity contribution in [2.24, 2.45) is 0 Å². The van der Waals surface area contributed by atoms with Gasteiger partial charge in [0.15, 0.2) is 0 Å². The highest BCUT2D eigenvalue weighted by Gasteiger charge is 2.09. The summed E-state index contributed by atoms with van der Waals surface area (Å²) < 4.78 is 0. The second-order valence-corrected chi connectivity index (χ2v) is 4.96. The Kier molecular flexibility index (Phi) is 3.66. The van der Waals surface area contributed by atoms with Crippen LogP contribution in [0.4, 0.5) is 0 Å². The van der Waals surface area contributed by atoms with Crippen molar-refractivity contribution in [2.75, 3.05) is 0 Å². The molecule has 0 unspecified atom stereocenters. The van der Waals surface area contributed by atoms with Crippen LogP contribution < -0.4 is 0 Å². The van der Waals surface area contributed by atoms with Crippen LogP contribution in [0.5, 0.6) is 0 Å². The predicted octanol–water partition coefficient (Wildman–Crippen LogP) is 5.32. The summed E-state index contributed by atoms with van der Waals surface area (Å²) >= 11 is 0. The lowest BCUT2D eigenvalue weighted by atomic mass is 9.91. The third-order valence-corrected chi connectivity index (χ3v) is 3.45. The Bertz CT molecular complexity index is 566. The summed E-state index contributed by atoms with van der Waals surface area (Å²) in [6, 6.07) is 6.61. The fourth-order valence-corrected chi connectivity index (χ4v) is 2.26. The molecule has 2 rings (SSSR count). The molecule has 0 amide bonds. The molecule has 0 saturated heterocycles. The molecule has 0 aromatic heterocycles. The minimum Gasteiger partial charge on any atom is -0.0955 e. The van der Waals surface area contributed by atoms with E-state index >= 15 is 0 Å². The topological polar surface area (TPSA) is 0 Å². The molecule has 1 aliphatic rings. The van der Waals surface area contributed by atoms with Crippen molar-refractivity contribution in [3.63, 3.8) is 0 Å². The van der Waals surface area contributed by atoms with E-state index in [1.165, 1.54) is 27.8 Å². The molecule has 0 aliphatic heterocycles. The maximum absolute atomic E-state index is 4.03. The molecule has 18 heavy (non-hydrogen) atoms. The highest BCUT2D eigenvalue weighted by Crippen LogP contribution is 2.30. The van der Waals surface area contributed by atoms with E-state index in [1.54, 1.807) is 0 Å². The molecule has 0 nitrogen and oxygen atoms in total. The molecule has 0 N–H and O–H groups in total. The molecule has 1 aromatic carbocycles. The van der Waals surface area contributed by atoms with Gasteiger partial charge >= 0.3 is 0 Å². The van der Waals surface area contributed by atoms with Gasteiger partial charge in [0, 0.05) is 0 Å². The Morgan fingerprint density at radius 1 is 1.17 bits per heavy atom. The predicted molar refractivity (Wildman–Crippen MR) is 81.4 cm³/mol. The van der Waals surface area contributed by atoms with Gasteiger partial charge in [-0.2, -0.15) is 0 Å². The molecular formula is C18H20. The van der Waals surface area contributed by atoms with E-state index in [2.05, 4.69) is 69.9 Å². The van der Waals surface area contributed by atoms with Crippen molar-refractivity contribution in [3.05, 3.63) is 71.3 Å². The second kappa shape index (κ2) is 5.22. The van der Waals surface area contributed by atoms with E-state index in [4.69, 9.17) is 0 Å². The Hall–Kier alpha value is -1.82. The van der Waals surface area contributed by atoms with E-state index < -0.39 is 0 Å². The van der Waals surface area contributed by atoms with Crippen molar-refractivity contribution in [1.82, 2.24) is 0 Å². The van der Waals surface area contributed by atoms with E-state index in [0.29, 0.717) is 0 Å². The van der Waals surface area contributed by atoms with Gasteiger partial charge in [0.25, 0.3) is 0 Å². The number of rotatable bonds is 2. The van der Waals surface area contributed by atoms with Crippen LogP contribution in [0, 0.1) is 6.92 Å². The summed E-state index contributed by atoms with van der Waals surface area (Å²) in [5, 5.41) is 0. The van der Waals surface area contributed by atoms with E-state index in [9.17, 15) is 0 Å². The van der Waals surface area contributed by atoms with Gasteiger partial charge < -0.3 is 0 Å². The zero-order valence-corrected chi connectivity index (χ0v) is 11.5. The van der Waals surface area contributed by atoms with Gasteiger partial charge in [0.05, 0.1) is 0 Å². The van der Waals surface area contributed by atoms with Gasteiger partial charge in [-0.3, -0.25) is 0 Å². The first-order valence-corrected chi connectivity index (χ1v) is 6.39. The lowest BCUT2D eigenvalue weighted by molar-refractivity contribution is 1.30. The molecule has 0 bridgehead atoms. The van der Waals surface area contributed by atoms with Crippen LogP contribution in [0.15, 0.2) is 54.7 Å². The highest BCUT2D eigenvalue weighted by atomic mass is 14.1. The van der Waals surface area contributed by atoms with Crippen LogP contribution >= 0.6 is 0 Å². The number of aryl methyl sites for hydroxylation is 1. The van der Waals surface area contributed by atoms with Crippen molar-refractivity contribution < 1.29 is 0 Å². The van der Waals surface area contributed by atoms with Gasteiger partial charge in [-0.1, -0.05) is 48.6 Å². The average molecular weight is 236 g/mol. The van der Waals surface area contributed by atoms with Crippen molar-refractivity contribution in [2.45, 2.75) is 27.2 Å². The first-order valence-electron chi connectivity index (χ1n) is 6.39. The fraction of sp³-hybridized carbons (Fsp3) is 0.222. The molecule has 0 heterocycles. The van der Waals surface area contributed by atoms with Crippen LogP contribution in [0.2, 0.25) is 0 Å². The monoisotopic (exact) mass is 236 g/mol. The van der Waals surface area contributed by atoms with Gasteiger partial charge in [0.1, 0.15) is 0 Å². The van der Waals surface area contributed by atoms with Crippen LogP contribution in [0.3, 0.4) is 0 Å². The van der Waals surface area contributed by atoms with Crippen molar-refractivity contribution >= 4 is 11.1 Å². The normalized spacial score (nSPS) is 14.8. The van der Waals surface area contributed by atoms with Gasteiger partial charge in [-0.15, -0.1) is 0 Å². The quantitative estimate of drug-likeness (QED) is 0.652. The molecule has 0 spiro atoms. The largest absolute Gasteiger partial charge is 0.0955 e. The maximum Gasteiger partial charge on any atom is -0.00857 e. The van der Waals surface area contributed by atoms with Crippen molar-refractivity contribution in [3.8, 4) is 0 Å². The van der Waals surface area contributed by atoms with Crippen LogP contribution in [0.25, 0.3) is 11.1 Å². The van der Waals surface area contributed by atoms with E-state index in [1.807, 2.05) is 0 Å². The molecular weight excluding hydrogens is 216 g/mol. The highest BCUT2D eigenvalue weighted by molar-refractivity contribution is 5.77. The third-order valence-electron chi connectivity index (χ3n) is 3.45. The summed E-state index contributed by atoms with van der Waals surface area (Å²) in [5.41, 5.74) is 7.80. The summed E-state index contributed by atoms with van der Waals surface area (Å²) in [4.78, 5) is 0. The number of hydrogen-bond donors (Lipinski definition) is 0. The molecule has 0 saturated carbocycles. The average Bonchev–Trinajstić information content (AvgIpc) is 2.54. The van der Waals surface area contributed by atoms with Gasteiger partial charge in [0.2, 0.25) is 0 Å². The van der Waals surface area contributed by atoms with Gasteiger partial charge in [-0.05, 0) is 61.1 Å². The summed E-state index contributed by atoms with van der Waals surface area (Å²) in [7, 11) is 0. The third kappa shape index (κ3) is 2.53. The number of hydrogen-bond acceptors (Lipinski definition) is 0. The first kappa shape index (κ1) is 12.6. The molecule has 0 atom stereocenters. The summed E-state index contributed by atoms with van der Waals surface area (Å²) in [6.45, 7) is 10.5. The summed E-state index contributed by atoms with van der Waals surface area (Å²) in [5.74, 6) is 0. The molecule has 1 aliphatic carbocycles. The van der Waals surface area contributed by atoms with Crippen molar-refractivity contribution in [1.29, 1.82) is 0 Å². The molecule has 0 heteroatoms. The molecule has 92 valence electrons. The Morgan fingerprint density at radius 2 is 1.94 bits per heavy atom. The van der Waals surface area contributed by atoms with Gasteiger partial charge in [-0.25, -0.2) is 0 Å². The zero-order valence-electron chi connectivity index (χ0n) is 11.5. The molecule has 0 radical (unpaired) electrons. The lowest BCUT2D eigenvalue weighted by Crippen LogP contribution is -1.93. The van der Waals surface area contributed by atoms with Crippen LogP contribution in [0.1, 0.15) is 37.0 Å². The fourth-order valence-electron chi connectivity index (χ4n) is 2.26. The second-order valence-electron chi connectivity index (χ2n) is 4.96. The van der Waals surface area contributed by atoms with E-state index in [0.717, 1.165) is 12.0 Å². The first-order chi connectivity index (χ1) is 8.59. The molecule has 0 fully saturated rings. The zero-order chi connectivity index (χ0) is 13.1. The summed E-state index contributed by atoms with van der Waals surface area (Å²) in [6.07, 6.45) is 9.63. The van der Waals surface area contributed by atoms with Crippen LogP contribution in [-0.2, 0) is 0 Å². The SMILES string of the molecule is C=C(C)c1ccc(C)c(C2=C(C)C=CC=CC2)c1. The number of benzene rings is 1. The maximum atomic E-state index is 4.03. The number of allylic oxidation sites excluding steroid dienone is 7. The Morgan fingerprint density at radius 3 is 2.67 bits per heavy atom. The smallest absolute Gasteiger partial charge is 0.00857 e. The molecule has 1 aromatic rings. The van der Waals surface area contributed by atoms with Crippen LogP contribution in [-0.4, -0.2) is 0 Å². The Labute approximate surface area is 110 Å². The lowest BCUT2D eigenvalue weighted by Gasteiger charge is -2.13. The minimum absolute atomic E-state index is 0.999. The standard InChI is InChI=1S/C18H20/c1-13(2)16-11-10-15(4)18(12-16)17-9-7-5-6-8-14(17)3/h5-8,10-12H,1,9H2,2-4H3. The Balaban J connectivity index is 2.56. The minimum atomic E-state index is 0.999. The van der Waals surface area contributed by atoms with E-state index in [-0.39, 0.29) is 0 Å².